The van der Waals surface area contributed by atoms with Gasteiger partial charge in [-0.05, 0) is 62.6 Å². The maximum atomic E-state index is 13.7. The van der Waals surface area contributed by atoms with Gasteiger partial charge in [0.1, 0.15) is 6.10 Å². The van der Waals surface area contributed by atoms with Gasteiger partial charge in [0.05, 0.1) is 13.7 Å². The van der Waals surface area contributed by atoms with E-state index < -0.39 is 6.10 Å². The van der Waals surface area contributed by atoms with Gasteiger partial charge in [-0.25, -0.2) is 0 Å². The molecule has 2 amide bonds. The van der Waals surface area contributed by atoms with Gasteiger partial charge in [0.2, 0.25) is 0 Å². The van der Waals surface area contributed by atoms with Crippen molar-refractivity contribution in [2.45, 2.75) is 64.5 Å². The van der Waals surface area contributed by atoms with Crippen molar-refractivity contribution in [2.75, 3.05) is 60.7 Å². The number of likely N-dealkylation sites (N-methyl/N-ethyl adjacent to an activating group) is 1. The number of carbonyl (C=O) groups excluding carboxylic acids is 2. The molecule has 9 nitrogen and oxygen atoms in total. The van der Waals surface area contributed by atoms with E-state index in [4.69, 9.17) is 14.2 Å². The van der Waals surface area contributed by atoms with Crippen LogP contribution in [0.2, 0.25) is 0 Å². The quantitative estimate of drug-likeness (QED) is 0.345. The highest BCUT2D eigenvalue weighted by atomic mass is 16.5. The molecule has 39 heavy (non-hydrogen) atoms. The van der Waals surface area contributed by atoms with Crippen LogP contribution in [0.1, 0.15) is 62.7 Å². The molecule has 2 aliphatic rings. The minimum Gasteiger partial charge on any atom is -0.493 e. The summed E-state index contributed by atoms with van der Waals surface area (Å²) in [6, 6.07) is 5.31. The van der Waals surface area contributed by atoms with Crippen LogP contribution in [0.25, 0.3) is 0 Å². The van der Waals surface area contributed by atoms with E-state index in [0.29, 0.717) is 43.4 Å². The highest BCUT2D eigenvalue weighted by Gasteiger charge is 2.35. The Hall–Kier alpha value is -2.36. The zero-order chi connectivity index (χ0) is 28.4. The summed E-state index contributed by atoms with van der Waals surface area (Å²) in [6.07, 6.45) is 5.02. The average Bonchev–Trinajstić information content (AvgIpc) is 3.39. The molecule has 0 bridgehead atoms. The van der Waals surface area contributed by atoms with Crippen LogP contribution in [0.4, 0.5) is 0 Å². The molecule has 1 aliphatic heterocycles. The lowest BCUT2D eigenvalue weighted by molar-refractivity contribution is -0.143. The monoisotopic (exact) mass is 547 g/mol. The van der Waals surface area contributed by atoms with E-state index in [2.05, 4.69) is 5.32 Å². The molecule has 1 unspecified atom stereocenters. The van der Waals surface area contributed by atoms with Crippen LogP contribution >= 0.6 is 0 Å². The highest BCUT2D eigenvalue weighted by molar-refractivity contribution is 5.95. The second-order valence-corrected chi connectivity index (χ2v) is 11.4. The third-order valence-corrected chi connectivity index (χ3v) is 8.19. The molecule has 220 valence electrons. The smallest absolute Gasteiger partial charge is 0.254 e. The molecule has 0 aromatic heterocycles. The van der Waals surface area contributed by atoms with Gasteiger partial charge in [0.25, 0.3) is 11.8 Å². The number of carbonyl (C=O) groups is 2. The maximum absolute atomic E-state index is 13.7. The number of rotatable bonds is 14. The number of methoxy groups -OCH3 is 2. The number of hydrogen-bond donors (Lipinski definition) is 2. The molecule has 1 aliphatic carbocycles. The SMILES string of the molecule is COCCCOc1cc(C(=O)N(C[C@@H]2CNC[C@H]2CN(C)C(=O)C(O)C2CCCCC2)C(C)C)ccc1OC. The first-order valence-corrected chi connectivity index (χ1v) is 14.5. The number of nitrogens with zero attached hydrogens (tertiary/aromatic N) is 2. The fourth-order valence-electron chi connectivity index (χ4n) is 5.79. The van der Waals surface area contributed by atoms with Gasteiger partial charge in [-0.3, -0.25) is 9.59 Å². The van der Waals surface area contributed by atoms with E-state index >= 15 is 0 Å². The fraction of sp³-hybridized carbons (Fsp3) is 0.733. The Morgan fingerprint density at radius 2 is 1.72 bits per heavy atom. The molecule has 9 heteroatoms. The van der Waals surface area contributed by atoms with Crippen molar-refractivity contribution in [1.82, 2.24) is 15.1 Å². The van der Waals surface area contributed by atoms with Crippen LogP contribution < -0.4 is 14.8 Å². The van der Waals surface area contributed by atoms with Crippen molar-refractivity contribution in [3.8, 4) is 11.5 Å². The van der Waals surface area contributed by atoms with Crippen molar-refractivity contribution in [3.05, 3.63) is 23.8 Å². The van der Waals surface area contributed by atoms with Crippen LogP contribution in [0.15, 0.2) is 18.2 Å². The molecule has 0 radical (unpaired) electrons. The van der Waals surface area contributed by atoms with Gasteiger partial charge < -0.3 is 34.4 Å². The van der Waals surface area contributed by atoms with Gasteiger partial charge in [0, 0.05) is 65.0 Å². The van der Waals surface area contributed by atoms with Gasteiger partial charge in [-0.2, -0.15) is 0 Å². The molecule has 3 rings (SSSR count). The molecule has 0 spiro atoms. The Balaban J connectivity index is 1.65. The fourth-order valence-corrected chi connectivity index (χ4v) is 5.79. The topological polar surface area (TPSA) is 101 Å². The van der Waals surface area contributed by atoms with E-state index in [-0.39, 0.29) is 35.6 Å². The third kappa shape index (κ3) is 8.56. The summed E-state index contributed by atoms with van der Waals surface area (Å²) in [5.74, 6) is 1.35. The van der Waals surface area contributed by atoms with Crippen molar-refractivity contribution in [1.29, 1.82) is 0 Å². The standard InChI is InChI=1S/C30H49N3O6/c1-21(2)33(29(35)23-12-13-26(38-5)27(16-23)39-15-9-14-37-4)20-25-18-31-17-24(25)19-32(3)30(36)28(34)22-10-7-6-8-11-22/h12-13,16,21-22,24-25,28,31,34H,6-11,14-15,17-20H2,1-5H3/t24-,25-,28?/m0/s1. The summed E-state index contributed by atoms with van der Waals surface area (Å²) in [6.45, 7) is 7.81. The summed E-state index contributed by atoms with van der Waals surface area (Å²) in [7, 11) is 5.03. The Bertz CT molecular complexity index is 920. The average molecular weight is 548 g/mol. The van der Waals surface area contributed by atoms with E-state index in [0.717, 1.165) is 45.2 Å². The van der Waals surface area contributed by atoms with Crippen molar-refractivity contribution in [3.63, 3.8) is 0 Å². The summed E-state index contributed by atoms with van der Waals surface area (Å²) in [5.41, 5.74) is 0.552. The first-order chi connectivity index (χ1) is 18.8. The summed E-state index contributed by atoms with van der Waals surface area (Å²) in [4.78, 5) is 30.3. The van der Waals surface area contributed by atoms with Crippen LogP contribution in [0.5, 0.6) is 11.5 Å². The van der Waals surface area contributed by atoms with Crippen molar-refractivity contribution >= 4 is 11.8 Å². The number of amides is 2. The maximum Gasteiger partial charge on any atom is 0.254 e. The zero-order valence-corrected chi connectivity index (χ0v) is 24.5. The van der Waals surface area contributed by atoms with Gasteiger partial charge in [-0.15, -0.1) is 0 Å². The summed E-state index contributed by atoms with van der Waals surface area (Å²) < 4.78 is 16.4. The van der Waals surface area contributed by atoms with Crippen LogP contribution in [-0.2, 0) is 9.53 Å². The second-order valence-electron chi connectivity index (χ2n) is 11.4. The Morgan fingerprint density at radius 3 is 2.36 bits per heavy atom. The second kappa shape index (κ2) is 15.4. The number of hydrogen-bond acceptors (Lipinski definition) is 7. The van der Waals surface area contributed by atoms with Crippen LogP contribution in [0.3, 0.4) is 0 Å². The van der Waals surface area contributed by atoms with Crippen molar-refractivity contribution in [2.24, 2.45) is 17.8 Å². The molecule has 1 aromatic carbocycles. The molecule has 3 atom stereocenters. The van der Waals surface area contributed by atoms with Gasteiger partial charge in [-0.1, -0.05) is 19.3 Å². The van der Waals surface area contributed by atoms with E-state index in [1.165, 1.54) is 6.42 Å². The largest absolute Gasteiger partial charge is 0.493 e. The molecule has 1 aromatic rings. The van der Waals surface area contributed by atoms with Crippen molar-refractivity contribution < 1.29 is 28.9 Å². The molecule has 1 heterocycles. The minimum atomic E-state index is -0.919. The Kier molecular flexibility index (Phi) is 12.3. The summed E-state index contributed by atoms with van der Waals surface area (Å²) >= 11 is 0. The number of benzene rings is 1. The highest BCUT2D eigenvalue weighted by Crippen LogP contribution is 2.30. The molecular formula is C30H49N3O6. The summed E-state index contributed by atoms with van der Waals surface area (Å²) in [5, 5.41) is 14.2. The third-order valence-electron chi connectivity index (χ3n) is 8.19. The van der Waals surface area contributed by atoms with E-state index in [1.54, 1.807) is 44.4 Å². The molecular weight excluding hydrogens is 498 g/mol. The van der Waals surface area contributed by atoms with Gasteiger partial charge >= 0.3 is 0 Å². The molecule has 2 N–H and O–H groups in total. The first-order valence-electron chi connectivity index (χ1n) is 14.5. The molecule has 1 saturated heterocycles. The predicted molar refractivity (Wildman–Crippen MR) is 151 cm³/mol. The molecule has 1 saturated carbocycles. The van der Waals surface area contributed by atoms with E-state index in [9.17, 15) is 14.7 Å². The van der Waals surface area contributed by atoms with Crippen LogP contribution in [-0.4, -0.2) is 99.5 Å². The zero-order valence-electron chi connectivity index (χ0n) is 24.5. The van der Waals surface area contributed by atoms with Gasteiger partial charge in [0.15, 0.2) is 11.5 Å². The Labute approximate surface area is 234 Å². The minimum absolute atomic E-state index is 0.000548. The number of ether oxygens (including phenoxy) is 3. The Morgan fingerprint density at radius 1 is 1.03 bits per heavy atom. The lowest BCUT2D eigenvalue weighted by Crippen LogP contribution is -2.46. The predicted octanol–water partition coefficient (Wildman–Crippen LogP) is 3.20. The number of aliphatic hydroxyl groups is 1. The molecule has 2 fully saturated rings. The number of aliphatic hydroxyl groups excluding tert-OH is 1. The van der Waals surface area contributed by atoms with E-state index in [1.807, 2.05) is 18.7 Å². The normalized spacial score (nSPS) is 20.6. The number of nitrogens with one attached hydrogen (secondary N) is 1. The lowest BCUT2D eigenvalue weighted by Gasteiger charge is -2.34. The lowest BCUT2D eigenvalue weighted by atomic mass is 9.84. The van der Waals surface area contributed by atoms with Crippen LogP contribution in [0, 0.1) is 17.8 Å². The first kappa shape index (κ1) is 31.2.